The van der Waals surface area contributed by atoms with E-state index in [2.05, 4.69) is 9.72 Å². The van der Waals surface area contributed by atoms with Crippen molar-refractivity contribution >= 4 is 11.7 Å². The molecule has 0 aliphatic rings. The summed E-state index contributed by atoms with van der Waals surface area (Å²) in [5.41, 5.74) is 7.22. The van der Waals surface area contributed by atoms with Crippen molar-refractivity contribution in [2.45, 2.75) is 6.54 Å². The van der Waals surface area contributed by atoms with E-state index < -0.39 is 0 Å². The highest BCUT2D eigenvalue weighted by Gasteiger charge is 2.09. The van der Waals surface area contributed by atoms with E-state index in [9.17, 15) is 4.79 Å². The molecule has 1 heterocycles. The molecule has 2 rings (SSSR count). The molecule has 0 saturated carbocycles. The molecule has 0 fully saturated rings. The van der Waals surface area contributed by atoms with Crippen LogP contribution in [0, 0.1) is 0 Å². The van der Waals surface area contributed by atoms with Crippen LogP contribution in [-0.4, -0.2) is 22.6 Å². The Labute approximate surface area is 98.8 Å². The minimum Gasteiger partial charge on any atom is -0.468 e. The number of imidazole rings is 1. The van der Waals surface area contributed by atoms with Crippen molar-refractivity contribution in [3.05, 3.63) is 36.7 Å². The van der Waals surface area contributed by atoms with Gasteiger partial charge in [-0.1, -0.05) is 0 Å². The van der Waals surface area contributed by atoms with Gasteiger partial charge in [0.15, 0.2) is 0 Å². The number of nitrogens with two attached hydrogens (primary N) is 1. The Balaban J connectivity index is 2.30. The normalized spacial score (nSPS) is 10.2. The second kappa shape index (κ2) is 4.69. The van der Waals surface area contributed by atoms with E-state index in [1.165, 1.54) is 7.11 Å². The summed E-state index contributed by atoms with van der Waals surface area (Å²) < 4.78 is 6.36. The standard InChI is InChI=1S/C12H13N3O2/c1-17-11(16)8-15-7-6-14-12(15)9-2-4-10(13)5-3-9/h2-7H,8,13H2,1H3. The quantitative estimate of drug-likeness (QED) is 0.638. The summed E-state index contributed by atoms with van der Waals surface area (Å²) >= 11 is 0. The largest absolute Gasteiger partial charge is 0.468 e. The molecule has 0 saturated heterocycles. The van der Waals surface area contributed by atoms with Crippen molar-refractivity contribution in [2.75, 3.05) is 12.8 Å². The van der Waals surface area contributed by atoms with E-state index in [4.69, 9.17) is 5.73 Å². The summed E-state index contributed by atoms with van der Waals surface area (Å²) in [5, 5.41) is 0. The highest BCUT2D eigenvalue weighted by Crippen LogP contribution is 2.18. The van der Waals surface area contributed by atoms with Gasteiger partial charge in [0, 0.05) is 23.6 Å². The molecule has 0 unspecified atom stereocenters. The van der Waals surface area contributed by atoms with Crippen LogP contribution in [0.3, 0.4) is 0 Å². The van der Waals surface area contributed by atoms with Crippen LogP contribution in [0.1, 0.15) is 0 Å². The van der Waals surface area contributed by atoms with Gasteiger partial charge in [0.05, 0.1) is 7.11 Å². The van der Waals surface area contributed by atoms with Gasteiger partial charge < -0.3 is 15.0 Å². The molecule has 5 nitrogen and oxygen atoms in total. The average Bonchev–Trinajstić information content (AvgIpc) is 2.78. The van der Waals surface area contributed by atoms with Crippen LogP contribution >= 0.6 is 0 Å². The molecule has 88 valence electrons. The highest BCUT2D eigenvalue weighted by molar-refractivity contribution is 5.70. The van der Waals surface area contributed by atoms with Crippen LogP contribution in [0.15, 0.2) is 36.7 Å². The molecule has 0 bridgehead atoms. The number of benzene rings is 1. The van der Waals surface area contributed by atoms with Gasteiger partial charge in [0.1, 0.15) is 12.4 Å². The zero-order valence-electron chi connectivity index (χ0n) is 9.46. The maximum absolute atomic E-state index is 11.2. The van der Waals surface area contributed by atoms with E-state index in [0.29, 0.717) is 5.69 Å². The van der Waals surface area contributed by atoms with Gasteiger partial charge in [-0.05, 0) is 24.3 Å². The number of nitrogen functional groups attached to an aromatic ring is 1. The van der Waals surface area contributed by atoms with Crippen LogP contribution in [-0.2, 0) is 16.1 Å². The lowest BCUT2D eigenvalue weighted by atomic mass is 10.2. The van der Waals surface area contributed by atoms with Crippen molar-refractivity contribution in [3.63, 3.8) is 0 Å². The maximum Gasteiger partial charge on any atom is 0.325 e. The van der Waals surface area contributed by atoms with Gasteiger partial charge in [-0.15, -0.1) is 0 Å². The van der Waals surface area contributed by atoms with Crippen LogP contribution < -0.4 is 5.73 Å². The fourth-order valence-corrected chi connectivity index (χ4v) is 1.53. The zero-order valence-corrected chi connectivity index (χ0v) is 9.46. The van der Waals surface area contributed by atoms with E-state index in [-0.39, 0.29) is 12.5 Å². The number of rotatable bonds is 3. The molecule has 0 aliphatic carbocycles. The SMILES string of the molecule is COC(=O)Cn1ccnc1-c1ccc(N)cc1. The van der Waals surface area contributed by atoms with Crippen molar-refractivity contribution in [2.24, 2.45) is 0 Å². The number of nitrogens with zero attached hydrogens (tertiary/aromatic N) is 2. The monoisotopic (exact) mass is 231 g/mol. The topological polar surface area (TPSA) is 70.1 Å². The molecular formula is C12H13N3O2. The number of carbonyl (C=O) groups excluding carboxylic acids is 1. The molecule has 0 amide bonds. The second-order valence-corrected chi connectivity index (χ2v) is 3.58. The third kappa shape index (κ3) is 2.44. The third-order valence-corrected chi connectivity index (χ3v) is 2.41. The van der Waals surface area contributed by atoms with Crippen LogP contribution in [0.2, 0.25) is 0 Å². The molecule has 0 radical (unpaired) electrons. The molecule has 2 N–H and O–H groups in total. The molecule has 1 aromatic heterocycles. The Hall–Kier alpha value is -2.30. The number of ether oxygens (including phenoxy) is 1. The lowest BCUT2D eigenvalue weighted by molar-refractivity contribution is -0.141. The minimum atomic E-state index is -0.306. The highest BCUT2D eigenvalue weighted by atomic mass is 16.5. The number of hydrogen-bond donors (Lipinski definition) is 1. The molecule has 17 heavy (non-hydrogen) atoms. The fraction of sp³-hybridized carbons (Fsp3) is 0.167. The smallest absolute Gasteiger partial charge is 0.325 e. The van der Waals surface area contributed by atoms with Gasteiger partial charge in [0.25, 0.3) is 0 Å². The van der Waals surface area contributed by atoms with Crippen LogP contribution in [0.25, 0.3) is 11.4 Å². The van der Waals surface area contributed by atoms with Gasteiger partial charge in [-0.25, -0.2) is 4.98 Å². The lowest BCUT2D eigenvalue weighted by Gasteiger charge is -2.06. The first-order chi connectivity index (χ1) is 8.20. The first kappa shape index (κ1) is 11.2. The van der Waals surface area contributed by atoms with Crippen molar-refractivity contribution in [1.29, 1.82) is 0 Å². The minimum absolute atomic E-state index is 0.149. The number of hydrogen-bond acceptors (Lipinski definition) is 4. The van der Waals surface area contributed by atoms with Crippen molar-refractivity contribution in [3.8, 4) is 11.4 Å². The summed E-state index contributed by atoms with van der Waals surface area (Å²) in [4.78, 5) is 15.4. The summed E-state index contributed by atoms with van der Waals surface area (Å²) in [7, 11) is 1.36. The van der Waals surface area contributed by atoms with Crippen LogP contribution in [0.5, 0.6) is 0 Å². The number of anilines is 1. The maximum atomic E-state index is 11.2. The molecule has 2 aromatic rings. The summed E-state index contributed by atoms with van der Waals surface area (Å²) in [5.74, 6) is 0.412. The third-order valence-electron chi connectivity index (χ3n) is 2.41. The van der Waals surface area contributed by atoms with Gasteiger partial charge in [0.2, 0.25) is 0 Å². The molecule has 0 spiro atoms. The Morgan fingerprint density at radius 2 is 2.12 bits per heavy atom. The van der Waals surface area contributed by atoms with E-state index in [1.807, 2.05) is 12.1 Å². The summed E-state index contributed by atoms with van der Waals surface area (Å²) in [6.07, 6.45) is 3.39. The summed E-state index contributed by atoms with van der Waals surface area (Å²) in [6.45, 7) is 0.149. The van der Waals surface area contributed by atoms with E-state index in [0.717, 1.165) is 11.4 Å². The predicted octanol–water partition coefficient (Wildman–Crippen LogP) is 1.31. The van der Waals surface area contributed by atoms with Crippen molar-refractivity contribution in [1.82, 2.24) is 9.55 Å². The number of esters is 1. The van der Waals surface area contributed by atoms with E-state index in [1.54, 1.807) is 29.1 Å². The average molecular weight is 231 g/mol. The Morgan fingerprint density at radius 1 is 1.41 bits per heavy atom. The number of carbonyl (C=O) groups is 1. The van der Waals surface area contributed by atoms with E-state index >= 15 is 0 Å². The molecule has 1 aromatic carbocycles. The Morgan fingerprint density at radius 3 is 2.76 bits per heavy atom. The molecule has 5 heteroatoms. The Kier molecular flexibility index (Phi) is 3.09. The van der Waals surface area contributed by atoms with Gasteiger partial charge in [-0.3, -0.25) is 4.79 Å². The fourth-order valence-electron chi connectivity index (χ4n) is 1.53. The van der Waals surface area contributed by atoms with Crippen LogP contribution in [0.4, 0.5) is 5.69 Å². The molecule has 0 aliphatic heterocycles. The summed E-state index contributed by atoms with van der Waals surface area (Å²) in [6, 6.07) is 7.33. The first-order valence-electron chi connectivity index (χ1n) is 5.14. The number of methoxy groups -OCH3 is 1. The van der Waals surface area contributed by atoms with Crippen molar-refractivity contribution < 1.29 is 9.53 Å². The molecular weight excluding hydrogens is 218 g/mol. The second-order valence-electron chi connectivity index (χ2n) is 3.58. The number of aromatic nitrogens is 2. The predicted molar refractivity (Wildman–Crippen MR) is 64.1 cm³/mol. The van der Waals surface area contributed by atoms with Gasteiger partial charge in [-0.2, -0.15) is 0 Å². The molecule has 0 atom stereocenters. The Bertz CT molecular complexity index is 517. The first-order valence-corrected chi connectivity index (χ1v) is 5.14. The lowest BCUT2D eigenvalue weighted by Crippen LogP contribution is -2.11. The zero-order chi connectivity index (χ0) is 12.3. The van der Waals surface area contributed by atoms with Gasteiger partial charge >= 0.3 is 5.97 Å².